The SMILES string of the molecule is C[C@@H](NC(=O)CCCCO)c1cccc(Br)c1. The molecule has 17 heavy (non-hydrogen) atoms. The van der Waals surface area contributed by atoms with Crippen molar-refractivity contribution in [3.63, 3.8) is 0 Å². The van der Waals surface area contributed by atoms with Crippen LogP contribution in [0.5, 0.6) is 0 Å². The molecule has 0 heterocycles. The zero-order valence-corrected chi connectivity index (χ0v) is 11.5. The molecule has 0 fully saturated rings. The predicted molar refractivity (Wildman–Crippen MR) is 71.6 cm³/mol. The lowest BCUT2D eigenvalue weighted by Gasteiger charge is -2.14. The van der Waals surface area contributed by atoms with E-state index in [1.165, 1.54) is 0 Å². The fourth-order valence-corrected chi connectivity index (χ4v) is 1.99. The van der Waals surface area contributed by atoms with Crippen LogP contribution in [0.25, 0.3) is 0 Å². The van der Waals surface area contributed by atoms with Gasteiger partial charge in [-0.25, -0.2) is 0 Å². The fraction of sp³-hybridized carbons (Fsp3) is 0.462. The number of carbonyl (C=O) groups is 1. The number of rotatable bonds is 6. The Morgan fingerprint density at radius 2 is 2.24 bits per heavy atom. The summed E-state index contributed by atoms with van der Waals surface area (Å²) >= 11 is 3.41. The normalized spacial score (nSPS) is 12.2. The maximum absolute atomic E-state index is 11.6. The standard InChI is InChI=1S/C13H18BrNO2/c1-10(11-5-4-6-12(14)9-11)15-13(17)7-2-3-8-16/h4-6,9-10,16H,2-3,7-8H2,1H3,(H,15,17)/t10-/m1/s1. The lowest BCUT2D eigenvalue weighted by Crippen LogP contribution is -2.26. The number of nitrogens with one attached hydrogen (secondary N) is 1. The highest BCUT2D eigenvalue weighted by Crippen LogP contribution is 2.17. The van der Waals surface area contributed by atoms with Crippen LogP contribution in [0, 0.1) is 0 Å². The summed E-state index contributed by atoms with van der Waals surface area (Å²) in [6.45, 7) is 2.11. The second-order valence-corrected chi connectivity index (χ2v) is 4.94. The average molecular weight is 300 g/mol. The zero-order valence-electron chi connectivity index (χ0n) is 9.95. The van der Waals surface area contributed by atoms with Gasteiger partial charge in [0.2, 0.25) is 5.91 Å². The summed E-state index contributed by atoms with van der Waals surface area (Å²) in [5.41, 5.74) is 1.08. The van der Waals surface area contributed by atoms with E-state index >= 15 is 0 Å². The van der Waals surface area contributed by atoms with E-state index in [0.717, 1.165) is 16.5 Å². The first-order chi connectivity index (χ1) is 8.13. The van der Waals surface area contributed by atoms with Gasteiger partial charge in [0, 0.05) is 17.5 Å². The van der Waals surface area contributed by atoms with E-state index in [9.17, 15) is 4.79 Å². The number of carbonyl (C=O) groups excluding carboxylic acids is 1. The zero-order chi connectivity index (χ0) is 12.7. The lowest BCUT2D eigenvalue weighted by molar-refractivity contribution is -0.121. The minimum atomic E-state index is 0.00845. The van der Waals surface area contributed by atoms with Crippen LogP contribution in [-0.4, -0.2) is 17.6 Å². The van der Waals surface area contributed by atoms with Gasteiger partial charge >= 0.3 is 0 Å². The molecular formula is C13H18BrNO2. The molecule has 1 aromatic rings. The summed E-state index contributed by atoms with van der Waals surface area (Å²) in [6, 6.07) is 7.91. The van der Waals surface area contributed by atoms with Crippen LogP contribution < -0.4 is 5.32 Å². The molecular weight excluding hydrogens is 282 g/mol. The maximum Gasteiger partial charge on any atom is 0.220 e. The van der Waals surface area contributed by atoms with E-state index in [1.54, 1.807) is 0 Å². The van der Waals surface area contributed by atoms with Gasteiger partial charge in [0.1, 0.15) is 0 Å². The molecule has 0 spiro atoms. The second-order valence-electron chi connectivity index (χ2n) is 4.02. The van der Waals surface area contributed by atoms with Crippen LogP contribution in [0.2, 0.25) is 0 Å². The highest BCUT2D eigenvalue weighted by atomic mass is 79.9. The van der Waals surface area contributed by atoms with Crippen molar-refractivity contribution in [2.45, 2.75) is 32.2 Å². The predicted octanol–water partition coefficient (Wildman–Crippen LogP) is 2.79. The molecule has 1 aromatic carbocycles. The van der Waals surface area contributed by atoms with Gasteiger partial charge in [0.25, 0.3) is 0 Å². The third kappa shape index (κ3) is 5.33. The summed E-state index contributed by atoms with van der Waals surface area (Å²) in [4.78, 5) is 11.6. The highest BCUT2D eigenvalue weighted by molar-refractivity contribution is 9.10. The third-order valence-electron chi connectivity index (χ3n) is 2.54. The van der Waals surface area contributed by atoms with Crippen LogP contribution in [0.15, 0.2) is 28.7 Å². The van der Waals surface area contributed by atoms with E-state index in [0.29, 0.717) is 12.8 Å². The monoisotopic (exact) mass is 299 g/mol. The lowest BCUT2D eigenvalue weighted by atomic mass is 10.1. The van der Waals surface area contributed by atoms with E-state index in [4.69, 9.17) is 5.11 Å². The minimum Gasteiger partial charge on any atom is -0.396 e. The van der Waals surface area contributed by atoms with Crippen LogP contribution in [0.1, 0.15) is 37.8 Å². The van der Waals surface area contributed by atoms with E-state index in [1.807, 2.05) is 31.2 Å². The smallest absolute Gasteiger partial charge is 0.220 e. The number of hydrogen-bond donors (Lipinski definition) is 2. The second kappa shape index (κ2) is 7.45. The molecule has 0 aromatic heterocycles. The molecule has 0 unspecified atom stereocenters. The van der Waals surface area contributed by atoms with Crippen molar-refractivity contribution in [3.8, 4) is 0 Å². The Hall–Kier alpha value is -0.870. The molecule has 0 saturated carbocycles. The molecule has 94 valence electrons. The molecule has 0 aliphatic carbocycles. The van der Waals surface area contributed by atoms with Crippen LogP contribution >= 0.6 is 15.9 Å². The molecule has 0 saturated heterocycles. The number of benzene rings is 1. The van der Waals surface area contributed by atoms with Crippen molar-refractivity contribution in [2.75, 3.05) is 6.61 Å². The Morgan fingerprint density at radius 1 is 1.47 bits per heavy atom. The number of hydrogen-bond acceptors (Lipinski definition) is 2. The average Bonchev–Trinajstić information content (AvgIpc) is 2.29. The van der Waals surface area contributed by atoms with Gasteiger partial charge in [-0.15, -0.1) is 0 Å². The molecule has 0 bridgehead atoms. The molecule has 2 N–H and O–H groups in total. The first-order valence-electron chi connectivity index (χ1n) is 5.79. The highest BCUT2D eigenvalue weighted by Gasteiger charge is 2.09. The summed E-state index contributed by atoms with van der Waals surface area (Å²) in [5, 5.41) is 11.6. The van der Waals surface area contributed by atoms with Crippen molar-refractivity contribution in [1.82, 2.24) is 5.32 Å². The number of unbranched alkanes of at least 4 members (excludes halogenated alkanes) is 1. The number of amides is 1. The van der Waals surface area contributed by atoms with Crippen molar-refractivity contribution in [3.05, 3.63) is 34.3 Å². The van der Waals surface area contributed by atoms with Gasteiger partial charge in [-0.3, -0.25) is 4.79 Å². The largest absolute Gasteiger partial charge is 0.396 e. The van der Waals surface area contributed by atoms with Crippen LogP contribution in [0.4, 0.5) is 0 Å². The van der Waals surface area contributed by atoms with E-state index in [-0.39, 0.29) is 18.6 Å². The molecule has 0 aliphatic rings. The summed E-state index contributed by atoms with van der Waals surface area (Å²) in [5.74, 6) is 0.0333. The van der Waals surface area contributed by atoms with E-state index in [2.05, 4.69) is 21.2 Å². The molecule has 1 amide bonds. The Bertz CT molecular complexity index is 368. The van der Waals surface area contributed by atoms with Crippen LogP contribution in [0.3, 0.4) is 0 Å². The van der Waals surface area contributed by atoms with Gasteiger partial charge in [-0.1, -0.05) is 28.1 Å². The van der Waals surface area contributed by atoms with Crippen molar-refractivity contribution in [1.29, 1.82) is 0 Å². The Morgan fingerprint density at radius 3 is 2.88 bits per heavy atom. The quantitative estimate of drug-likeness (QED) is 0.794. The Balaban J connectivity index is 2.43. The maximum atomic E-state index is 11.6. The van der Waals surface area contributed by atoms with Gasteiger partial charge < -0.3 is 10.4 Å². The van der Waals surface area contributed by atoms with Crippen molar-refractivity contribution < 1.29 is 9.90 Å². The van der Waals surface area contributed by atoms with Crippen molar-refractivity contribution >= 4 is 21.8 Å². The Labute approximate surface area is 110 Å². The van der Waals surface area contributed by atoms with E-state index < -0.39 is 0 Å². The molecule has 4 heteroatoms. The molecule has 1 rings (SSSR count). The molecule has 0 aliphatic heterocycles. The molecule has 1 atom stereocenters. The summed E-state index contributed by atoms with van der Waals surface area (Å²) in [6.07, 6.45) is 1.88. The fourth-order valence-electron chi connectivity index (χ4n) is 1.57. The summed E-state index contributed by atoms with van der Waals surface area (Å²) in [7, 11) is 0. The first-order valence-corrected chi connectivity index (χ1v) is 6.58. The number of aliphatic hydroxyl groups excluding tert-OH is 1. The third-order valence-corrected chi connectivity index (χ3v) is 3.03. The molecule has 0 radical (unpaired) electrons. The first kappa shape index (κ1) is 14.2. The van der Waals surface area contributed by atoms with Gasteiger partial charge in [0.15, 0.2) is 0 Å². The van der Waals surface area contributed by atoms with Crippen molar-refractivity contribution in [2.24, 2.45) is 0 Å². The molecule has 3 nitrogen and oxygen atoms in total. The van der Waals surface area contributed by atoms with Gasteiger partial charge in [-0.05, 0) is 37.5 Å². The topological polar surface area (TPSA) is 49.3 Å². The van der Waals surface area contributed by atoms with Gasteiger partial charge in [0.05, 0.1) is 6.04 Å². The van der Waals surface area contributed by atoms with Crippen LogP contribution in [-0.2, 0) is 4.79 Å². The Kier molecular flexibility index (Phi) is 6.22. The number of halogens is 1. The van der Waals surface area contributed by atoms with Gasteiger partial charge in [-0.2, -0.15) is 0 Å². The number of aliphatic hydroxyl groups is 1. The summed E-state index contributed by atoms with van der Waals surface area (Å²) < 4.78 is 1.01. The minimum absolute atomic E-state index is 0.00845.